The topological polar surface area (TPSA) is 107 Å². The molecule has 0 fully saturated rings. The van der Waals surface area contributed by atoms with Crippen molar-refractivity contribution in [3.05, 3.63) is 70.8 Å². The summed E-state index contributed by atoms with van der Waals surface area (Å²) in [6, 6.07) is 14.8. The molecule has 0 saturated carbocycles. The van der Waals surface area contributed by atoms with Crippen molar-refractivity contribution in [1.82, 2.24) is 0 Å². The first kappa shape index (κ1) is 60.7. The van der Waals surface area contributed by atoms with Gasteiger partial charge in [-0.25, -0.2) is 14.4 Å². The van der Waals surface area contributed by atoms with Crippen molar-refractivity contribution in [3.8, 4) is 0 Å². The molecule has 2 rings (SSSR count). The van der Waals surface area contributed by atoms with E-state index in [4.69, 9.17) is 29.0 Å². The summed E-state index contributed by atoms with van der Waals surface area (Å²) >= 11 is 0. The summed E-state index contributed by atoms with van der Waals surface area (Å²) in [6.07, 6.45) is 40.1. The molecule has 0 heterocycles. The van der Waals surface area contributed by atoms with Gasteiger partial charge in [-0.1, -0.05) is 245 Å². The minimum atomic E-state index is -0.892. The molecule has 0 aromatic heterocycles. The third-order valence-electron chi connectivity index (χ3n) is 13.1. The molecule has 0 saturated heterocycles. The molecular formula is C59H98O9. The van der Waals surface area contributed by atoms with Crippen LogP contribution in [0.2, 0.25) is 0 Å². The number of carbonyl (C=O) groups excluding carboxylic acids is 3. The molecule has 0 bridgehead atoms. The number of aryl methyl sites for hydroxylation is 2. The lowest BCUT2D eigenvalue weighted by Gasteiger charge is -2.18. The van der Waals surface area contributed by atoms with Gasteiger partial charge in [0.1, 0.15) is 25.4 Å². The van der Waals surface area contributed by atoms with Crippen LogP contribution in [0.4, 0.5) is 4.79 Å². The Labute approximate surface area is 415 Å². The Hall–Kier alpha value is -3.43. The summed E-state index contributed by atoms with van der Waals surface area (Å²) in [5.74, 6) is -1.18. The fraction of sp³-hybridized carbons (Fsp3) is 0.746. The Kier molecular flexibility index (Phi) is 38.9. The second-order valence-corrected chi connectivity index (χ2v) is 19.4. The summed E-state index contributed by atoms with van der Waals surface area (Å²) in [6.45, 7) is 8.55. The van der Waals surface area contributed by atoms with Gasteiger partial charge in [-0.05, 0) is 73.9 Å². The fourth-order valence-corrected chi connectivity index (χ4v) is 8.51. The van der Waals surface area contributed by atoms with Crippen LogP contribution in [-0.4, -0.2) is 43.5 Å². The molecule has 2 aromatic rings. The summed E-state index contributed by atoms with van der Waals surface area (Å²) < 4.78 is 11.1. The first-order chi connectivity index (χ1) is 33.4. The Morgan fingerprint density at radius 1 is 0.353 bits per heavy atom. The van der Waals surface area contributed by atoms with Gasteiger partial charge >= 0.3 is 18.1 Å². The molecule has 0 aliphatic carbocycles. The number of rotatable bonds is 46. The normalized spacial score (nSPS) is 12.2. The summed E-state index contributed by atoms with van der Waals surface area (Å²) in [4.78, 5) is 60.8. The number of hydrogen-bond donors (Lipinski definition) is 0. The zero-order chi connectivity index (χ0) is 49.0. The zero-order valence-electron chi connectivity index (χ0n) is 43.8. The Balaban J connectivity index is 1.88. The van der Waals surface area contributed by atoms with Crippen molar-refractivity contribution >= 4 is 18.1 Å². The molecule has 0 N–H and O–H groups in total. The minimum Gasteiger partial charge on any atom is -0.431 e. The van der Waals surface area contributed by atoms with Crippen LogP contribution in [0.15, 0.2) is 48.5 Å². The van der Waals surface area contributed by atoms with Gasteiger partial charge in [-0.15, -0.1) is 0 Å². The molecule has 68 heavy (non-hydrogen) atoms. The van der Waals surface area contributed by atoms with Crippen molar-refractivity contribution in [3.63, 3.8) is 0 Å². The lowest BCUT2D eigenvalue weighted by atomic mass is 10.0. The largest absolute Gasteiger partial charge is 0.508 e. The van der Waals surface area contributed by atoms with E-state index in [0.717, 1.165) is 77.0 Å². The lowest BCUT2D eigenvalue weighted by molar-refractivity contribution is -0.285. The van der Waals surface area contributed by atoms with Crippen LogP contribution in [0, 0.1) is 0 Å². The van der Waals surface area contributed by atoms with Crippen molar-refractivity contribution in [2.45, 2.75) is 271 Å². The first-order valence-electron chi connectivity index (χ1n) is 28.1. The lowest BCUT2D eigenvalue weighted by Crippen LogP contribution is -2.27. The monoisotopic (exact) mass is 951 g/mol. The molecule has 2 atom stereocenters. The van der Waals surface area contributed by atoms with Crippen molar-refractivity contribution in [2.24, 2.45) is 0 Å². The van der Waals surface area contributed by atoms with Crippen LogP contribution in [-0.2, 0) is 41.9 Å². The molecule has 0 aliphatic heterocycles. The van der Waals surface area contributed by atoms with Crippen LogP contribution >= 0.6 is 0 Å². The Morgan fingerprint density at radius 3 is 0.897 bits per heavy atom. The maximum Gasteiger partial charge on any atom is 0.508 e. The third kappa shape index (κ3) is 33.2. The molecule has 9 heteroatoms. The molecule has 2 unspecified atom stereocenters. The van der Waals surface area contributed by atoms with E-state index in [0.29, 0.717) is 24.0 Å². The average Bonchev–Trinajstić information content (AvgIpc) is 3.36. The van der Waals surface area contributed by atoms with Crippen LogP contribution in [0.25, 0.3) is 0 Å². The third-order valence-corrected chi connectivity index (χ3v) is 13.1. The van der Waals surface area contributed by atoms with Gasteiger partial charge in [0, 0.05) is 0 Å². The first-order valence-corrected chi connectivity index (χ1v) is 28.1. The van der Waals surface area contributed by atoms with Gasteiger partial charge in [0.05, 0.1) is 11.1 Å². The molecule has 0 aliphatic rings. The number of carbonyl (C=O) groups is 3. The van der Waals surface area contributed by atoms with E-state index < -0.39 is 30.3 Å². The van der Waals surface area contributed by atoms with Crippen LogP contribution in [0.1, 0.15) is 278 Å². The highest BCUT2D eigenvalue weighted by Crippen LogP contribution is 2.19. The van der Waals surface area contributed by atoms with Gasteiger partial charge < -0.3 is 9.47 Å². The van der Waals surface area contributed by atoms with E-state index in [2.05, 4.69) is 27.7 Å². The summed E-state index contributed by atoms with van der Waals surface area (Å²) in [5.41, 5.74) is 3.14. The molecule has 9 nitrogen and oxygen atoms in total. The number of unbranched alkanes of at least 4 members (excludes halogenated alkanes) is 28. The standard InChI is InChI=1S/C59H98O9/c1-5-9-13-15-17-19-21-23-25-27-29-31-33-35-39-55(65-67-57(60)53-45-41-51(42-46-53)37-11-7-3)49-63-59(62)64-50-56(66-68-58(61)54-47-43-52(44-48-54)38-12-8-4)40-36-34-32-30-28-26-24-22-20-18-16-14-10-6-2/h41-48,55-56H,5-40,49-50H2,1-4H3. The molecule has 0 amide bonds. The molecule has 388 valence electrons. The maximum absolute atomic E-state index is 13.0. The van der Waals surface area contributed by atoms with Gasteiger partial charge in [-0.3, -0.25) is 9.78 Å². The minimum absolute atomic E-state index is 0.145. The van der Waals surface area contributed by atoms with Gasteiger partial charge in [0.15, 0.2) is 0 Å². The second kappa shape index (κ2) is 43.6. The molecule has 0 spiro atoms. The SMILES string of the molecule is CCCCCCCCCCCCCCCCC(COC(=O)OCC(CCCCCCCCCCCCCCCC)OOC(=O)c1ccc(CCCC)cc1)OOC(=O)c1ccc(CCCC)cc1. The highest BCUT2D eigenvalue weighted by atomic mass is 17.2. The second-order valence-electron chi connectivity index (χ2n) is 19.4. The number of benzene rings is 2. The quantitative estimate of drug-likeness (QED) is 0.0277. The highest BCUT2D eigenvalue weighted by Gasteiger charge is 2.21. The molecule has 0 radical (unpaired) electrons. The van der Waals surface area contributed by atoms with E-state index in [1.807, 2.05) is 24.3 Å². The van der Waals surface area contributed by atoms with E-state index in [-0.39, 0.29) is 13.2 Å². The Morgan fingerprint density at radius 2 is 0.618 bits per heavy atom. The van der Waals surface area contributed by atoms with E-state index in [9.17, 15) is 14.4 Å². The van der Waals surface area contributed by atoms with Crippen LogP contribution < -0.4 is 0 Å². The van der Waals surface area contributed by atoms with Crippen molar-refractivity contribution in [1.29, 1.82) is 0 Å². The van der Waals surface area contributed by atoms with E-state index >= 15 is 0 Å². The van der Waals surface area contributed by atoms with Crippen molar-refractivity contribution in [2.75, 3.05) is 13.2 Å². The fourth-order valence-electron chi connectivity index (χ4n) is 8.51. The van der Waals surface area contributed by atoms with Crippen LogP contribution in [0.3, 0.4) is 0 Å². The van der Waals surface area contributed by atoms with Gasteiger partial charge in [0.25, 0.3) is 0 Å². The maximum atomic E-state index is 13.0. The van der Waals surface area contributed by atoms with E-state index in [1.54, 1.807) is 24.3 Å². The summed E-state index contributed by atoms with van der Waals surface area (Å²) in [7, 11) is 0. The van der Waals surface area contributed by atoms with Gasteiger partial charge in [0.2, 0.25) is 0 Å². The zero-order valence-corrected chi connectivity index (χ0v) is 43.8. The number of hydrogen-bond acceptors (Lipinski definition) is 9. The molecule has 2 aromatic carbocycles. The van der Waals surface area contributed by atoms with Gasteiger partial charge in [-0.2, -0.15) is 9.78 Å². The summed E-state index contributed by atoms with van der Waals surface area (Å²) in [5, 5.41) is 0. The van der Waals surface area contributed by atoms with Crippen molar-refractivity contribution < 1.29 is 43.4 Å². The average molecular weight is 951 g/mol. The van der Waals surface area contributed by atoms with Crippen LogP contribution in [0.5, 0.6) is 0 Å². The smallest absolute Gasteiger partial charge is 0.431 e. The Bertz CT molecular complexity index is 1370. The predicted molar refractivity (Wildman–Crippen MR) is 278 cm³/mol. The highest BCUT2D eigenvalue weighted by molar-refractivity contribution is 5.89. The number of ether oxygens (including phenoxy) is 2. The predicted octanol–water partition coefficient (Wildman–Crippen LogP) is 17.9. The van der Waals surface area contributed by atoms with E-state index in [1.165, 1.54) is 152 Å². The molecular weight excluding hydrogens is 853 g/mol.